The van der Waals surface area contributed by atoms with Crippen molar-refractivity contribution in [2.75, 3.05) is 5.32 Å². The lowest BCUT2D eigenvalue weighted by atomic mass is 10.2. The molecule has 0 saturated heterocycles. The van der Waals surface area contributed by atoms with Gasteiger partial charge < -0.3 is 20.9 Å². The zero-order valence-corrected chi connectivity index (χ0v) is 11.5. The molecule has 1 aromatic carbocycles. The number of carbonyl (C=O) groups excluding carboxylic acids is 1. The first kappa shape index (κ1) is 14.0. The lowest BCUT2D eigenvalue weighted by Crippen LogP contribution is -2.32. The van der Waals surface area contributed by atoms with Gasteiger partial charge in [-0.2, -0.15) is 0 Å². The van der Waals surface area contributed by atoms with Crippen molar-refractivity contribution >= 4 is 11.7 Å². The average molecular weight is 274 g/mol. The highest BCUT2D eigenvalue weighted by molar-refractivity contribution is 5.89. The monoisotopic (exact) mass is 274 g/mol. The van der Waals surface area contributed by atoms with Crippen LogP contribution in [0.3, 0.4) is 0 Å². The highest BCUT2D eigenvalue weighted by atomic mass is 16.2. The highest BCUT2D eigenvalue weighted by Crippen LogP contribution is 2.11. The van der Waals surface area contributed by atoms with Crippen molar-refractivity contribution in [2.45, 2.75) is 19.5 Å². The molecule has 1 aromatic heterocycles. The molecule has 2 amide bonds. The molecule has 1 atom stereocenters. The van der Waals surface area contributed by atoms with Crippen molar-refractivity contribution < 1.29 is 4.79 Å². The maximum Gasteiger partial charge on any atom is 0.319 e. The normalized spacial score (nSPS) is 11.9. The van der Waals surface area contributed by atoms with Crippen molar-refractivity contribution in [3.05, 3.63) is 42.0 Å². The van der Waals surface area contributed by atoms with Gasteiger partial charge in [0.1, 0.15) is 6.33 Å². The number of urea groups is 1. The zero-order valence-electron chi connectivity index (χ0n) is 11.5. The molecular weight excluding hydrogens is 256 g/mol. The van der Waals surface area contributed by atoms with Crippen molar-refractivity contribution in [1.82, 2.24) is 20.1 Å². The van der Waals surface area contributed by atoms with Crippen LogP contribution in [0.2, 0.25) is 0 Å². The molecule has 0 aliphatic heterocycles. The molecule has 0 aliphatic carbocycles. The van der Waals surface area contributed by atoms with Gasteiger partial charge in [-0.1, -0.05) is 12.1 Å². The number of nitrogens with two attached hydrogens (primary N) is 1. The maximum atomic E-state index is 11.9. The molecule has 106 valence electrons. The molecule has 0 radical (unpaired) electrons. The predicted octanol–water partition coefficient (Wildman–Crippen LogP) is 1.16. The molecule has 1 heterocycles. The van der Waals surface area contributed by atoms with Crippen LogP contribution >= 0.6 is 0 Å². The Hall–Kier alpha value is -2.41. The summed E-state index contributed by atoms with van der Waals surface area (Å²) in [6.07, 6.45) is 1.59. The molecular formula is C13H18N6O. The van der Waals surface area contributed by atoms with Gasteiger partial charge in [0.2, 0.25) is 0 Å². The van der Waals surface area contributed by atoms with Gasteiger partial charge >= 0.3 is 6.03 Å². The molecule has 0 spiro atoms. The molecule has 0 bridgehead atoms. The largest absolute Gasteiger partial charge is 0.328 e. The van der Waals surface area contributed by atoms with Crippen LogP contribution in [0.15, 0.2) is 30.6 Å². The quantitative estimate of drug-likeness (QED) is 0.779. The van der Waals surface area contributed by atoms with Crippen molar-refractivity contribution in [3.8, 4) is 0 Å². The lowest BCUT2D eigenvalue weighted by molar-refractivity contribution is 0.248. The van der Waals surface area contributed by atoms with E-state index in [2.05, 4.69) is 20.8 Å². The second-order valence-electron chi connectivity index (χ2n) is 4.52. The number of amides is 2. The van der Waals surface area contributed by atoms with Crippen LogP contribution in [0.1, 0.15) is 24.4 Å². The van der Waals surface area contributed by atoms with Gasteiger partial charge in [-0.05, 0) is 24.6 Å². The number of anilines is 1. The van der Waals surface area contributed by atoms with Crippen molar-refractivity contribution in [1.29, 1.82) is 0 Å². The molecule has 0 saturated carbocycles. The number of aromatic nitrogens is 3. The number of benzene rings is 1. The van der Waals surface area contributed by atoms with E-state index in [1.807, 2.05) is 38.2 Å². The summed E-state index contributed by atoms with van der Waals surface area (Å²) in [5, 5.41) is 13.3. The lowest BCUT2D eigenvalue weighted by Gasteiger charge is -2.14. The number of hydrogen-bond donors (Lipinski definition) is 3. The Morgan fingerprint density at radius 2 is 2.30 bits per heavy atom. The summed E-state index contributed by atoms with van der Waals surface area (Å²) in [4.78, 5) is 11.9. The second-order valence-corrected chi connectivity index (χ2v) is 4.52. The van der Waals surface area contributed by atoms with Crippen molar-refractivity contribution in [3.63, 3.8) is 0 Å². The third-order valence-corrected chi connectivity index (χ3v) is 2.90. The van der Waals surface area contributed by atoms with Crippen LogP contribution in [0.4, 0.5) is 10.5 Å². The fourth-order valence-electron chi connectivity index (χ4n) is 1.89. The Morgan fingerprint density at radius 1 is 1.50 bits per heavy atom. The number of hydrogen-bond acceptors (Lipinski definition) is 4. The molecule has 2 aromatic rings. The number of carbonyl (C=O) groups is 1. The van der Waals surface area contributed by atoms with E-state index < -0.39 is 0 Å². The zero-order chi connectivity index (χ0) is 14.5. The number of aryl methyl sites for hydroxylation is 1. The third-order valence-electron chi connectivity index (χ3n) is 2.90. The standard InChI is InChI=1S/C13H18N6O/c1-9(12-18-15-8-19(12)2)16-13(20)17-11-5-3-4-10(6-11)7-14/h3-6,8-9H,7,14H2,1-2H3,(H2,16,17,20). The molecule has 0 aliphatic rings. The molecule has 1 unspecified atom stereocenters. The number of nitrogens with one attached hydrogen (secondary N) is 2. The minimum Gasteiger partial charge on any atom is -0.328 e. The van der Waals surface area contributed by atoms with Gasteiger partial charge in [-0.3, -0.25) is 0 Å². The summed E-state index contributed by atoms with van der Waals surface area (Å²) in [7, 11) is 1.83. The van der Waals surface area contributed by atoms with E-state index >= 15 is 0 Å². The second kappa shape index (κ2) is 6.16. The van der Waals surface area contributed by atoms with Gasteiger partial charge in [-0.15, -0.1) is 10.2 Å². The first-order chi connectivity index (χ1) is 9.60. The first-order valence-corrected chi connectivity index (χ1v) is 6.30. The Kier molecular flexibility index (Phi) is 4.31. The van der Waals surface area contributed by atoms with E-state index in [1.54, 1.807) is 10.9 Å². The maximum absolute atomic E-state index is 11.9. The number of rotatable bonds is 4. The summed E-state index contributed by atoms with van der Waals surface area (Å²) in [5.41, 5.74) is 7.23. The van der Waals surface area contributed by atoms with Gasteiger partial charge in [0.15, 0.2) is 5.82 Å². The van der Waals surface area contributed by atoms with Crippen LogP contribution in [0.5, 0.6) is 0 Å². The van der Waals surface area contributed by atoms with Gasteiger partial charge in [0.05, 0.1) is 6.04 Å². The van der Waals surface area contributed by atoms with E-state index in [4.69, 9.17) is 5.73 Å². The van der Waals surface area contributed by atoms with Gasteiger partial charge in [-0.25, -0.2) is 4.79 Å². The smallest absolute Gasteiger partial charge is 0.319 e. The van der Waals surface area contributed by atoms with E-state index in [-0.39, 0.29) is 12.1 Å². The minimum atomic E-state index is -0.297. The molecule has 7 nitrogen and oxygen atoms in total. The average Bonchev–Trinajstić information content (AvgIpc) is 2.85. The number of nitrogens with zero attached hydrogens (tertiary/aromatic N) is 3. The Balaban J connectivity index is 1.97. The van der Waals surface area contributed by atoms with E-state index in [0.717, 1.165) is 5.56 Å². The van der Waals surface area contributed by atoms with Gasteiger partial charge in [0.25, 0.3) is 0 Å². The molecule has 2 rings (SSSR count). The fraction of sp³-hybridized carbons (Fsp3) is 0.308. The summed E-state index contributed by atoms with van der Waals surface area (Å²) in [6, 6.07) is 6.88. The van der Waals surface area contributed by atoms with Crippen molar-refractivity contribution in [2.24, 2.45) is 12.8 Å². The summed E-state index contributed by atoms with van der Waals surface area (Å²) in [6.45, 7) is 2.28. The topological polar surface area (TPSA) is 97.9 Å². The van der Waals surface area contributed by atoms with Crippen LogP contribution in [0, 0.1) is 0 Å². The minimum absolute atomic E-state index is 0.236. The molecule has 0 fully saturated rings. The first-order valence-electron chi connectivity index (χ1n) is 6.30. The molecule has 20 heavy (non-hydrogen) atoms. The van der Waals surface area contributed by atoms with Gasteiger partial charge in [0, 0.05) is 19.3 Å². The van der Waals surface area contributed by atoms with Crippen LogP contribution in [-0.4, -0.2) is 20.8 Å². The Labute approximate surface area is 117 Å². The van der Waals surface area contributed by atoms with E-state index in [0.29, 0.717) is 18.1 Å². The third kappa shape index (κ3) is 3.33. The van der Waals surface area contributed by atoms with Crippen LogP contribution in [-0.2, 0) is 13.6 Å². The summed E-state index contributed by atoms with van der Waals surface area (Å²) in [5.74, 6) is 0.691. The molecule has 4 N–H and O–H groups in total. The Bertz CT molecular complexity index is 594. The highest BCUT2D eigenvalue weighted by Gasteiger charge is 2.14. The van der Waals surface area contributed by atoms with E-state index in [9.17, 15) is 4.79 Å². The SMILES string of the molecule is CC(NC(=O)Nc1cccc(CN)c1)c1nncn1C. The van der Waals surface area contributed by atoms with Crippen LogP contribution < -0.4 is 16.4 Å². The summed E-state index contributed by atoms with van der Waals surface area (Å²) >= 11 is 0. The molecule has 7 heteroatoms. The fourth-order valence-corrected chi connectivity index (χ4v) is 1.89. The van der Waals surface area contributed by atoms with E-state index in [1.165, 1.54) is 0 Å². The van der Waals surface area contributed by atoms with Crippen LogP contribution in [0.25, 0.3) is 0 Å². The predicted molar refractivity (Wildman–Crippen MR) is 75.9 cm³/mol. The Morgan fingerprint density at radius 3 is 2.95 bits per heavy atom. The summed E-state index contributed by atoms with van der Waals surface area (Å²) < 4.78 is 1.76.